The maximum Gasteiger partial charge on any atom is 0.405 e. The molecule has 11 heteroatoms. The van der Waals surface area contributed by atoms with Crippen LogP contribution in [0, 0.1) is 5.82 Å². The van der Waals surface area contributed by atoms with Crippen molar-refractivity contribution in [2.24, 2.45) is 0 Å². The first-order valence-corrected chi connectivity index (χ1v) is 17.0. The van der Waals surface area contributed by atoms with E-state index in [-0.39, 0.29) is 18.1 Å². The number of carbonyl (C=O) groups is 1. The molecule has 0 saturated carbocycles. The number of hydrogen-bond donors (Lipinski definition) is 1. The highest BCUT2D eigenvalue weighted by Gasteiger charge is 2.29. The summed E-state index contributed by atoms with van der Waals surface area (Å²) in [6.45, 7) is 9.81. The Morgan fingerprint density at radius 1 is 1.05 bits per heavy atom. The third kappa shape index (κ3) is 7.89. The van der Waals surface area contributed by atoms with E-state index in [0.717, 1.165) is 38.3 Å². The second-order valence-corrected chi connectivity index (χ2v) is 13.2. The van der Waals surface area contributed by atoms with Crippen LogP contribution >= 0.6 is 7.75 Å². The van der Waals surface area contributed by atoms with Gasteiger partial charge in [0.15, 0.2) is 0 Å². The summed E-state index contributed by atoms with van der Waals surface area (Å²) >= 11 is 0. The van der Waals surface area contributed by atoms with Crippen LogP contribution in [0.2, 0.25) is 0 Å². The van der Waals surface area contributed by atoms with Gasteiger partial charge in [-0.3, -0.25) is 23.0 Å². The highest BCUT2D eigenvalue weighted by atomic mass is 32.2. The van der Waals surface area contributed by atoms with Crippen LogP contribution in [0.5, 0.6) is 0 Å². The van der Waals surface area contributed by atoms with Gasteiger partial charge in [0.2, 0.25) is 5.91 Å². The lowest BCUT2D eigenvalue weighted by atomic mass is 10.0. The summed E-state index contributed by atoms with van der Waals surface area (Å²) in [7, 11) is -4.35. The third-order valence-electron chi connectivity index (χ3n) is 7.36. The SMILES string of the molecule is CCOP(=O)(NCCN1CCN(C(=O)CC2=C(C)/C(=C/c3ccc(S(C)=O)cc3)c3ccc(F)cc32)CC1)OCC. The van der Waals surface area contributed by atoms with Crippen LogP contribution in [0.1, 0.15) is 43.9 Å². The molecule has 222 valence electrons. The van der Waals surface area contributed by atoms with Crippen molar-refractivity contribution in [3.63, 3.8) is 0 Å². The fraction of sp³-hybridized carbons (Fsp3) is 0.433. The van der Waals surface area contributed by atoms with Crippen LogP contribution in [0.15, 0.2) is 52.9 Å². The number of rotatable bonds is 12. The number of piperazine rings is 1. The maximum atomic E-state index is 14.3. The zero-order valence-corrected chi connectivity index (χ0v) is 25.9. The van der Waals surface area contributed by atoms with E-state index >= 15 is 0 Å². The van der Waals surface area contributed by atoms with Gasteiger partial charge in [-0.05, 0) is 84.5 Å². The van der Waals surface area contributed by atoms with Crippen molar-refractivity contribution in [1.29, 1.82) is 0 Å². The molecular formula is C30H39FN3O5PS. The molecule has 0 bridgehead atoms. The number of allylic oxidation sites excluding steroid dienone is 2. The molecule has 2 aromatic rings. The van der Waals surface area contributed by atoms with E-state index in [1.807, 2.05) is 42.2 Å². The minimum atomic E-state index is -3.29. The van der Waals surface area contributed by atoms with Gasteiger partial charge in [-0.2, -0.15) is 0 Å². The summed E-state index contributed by atoms with van der Waals surface area (Å²) in [5.74, 6) is -0.321. The topological polar surface area (TPSA) is 88.2 Å². The molecular weight excluding hydrogens is 564 g/mol. The van der Waals surface area contributed by atoms with Crippen molar-refractivity contribution in [2.75, 3.05) is 58.7 Å². The summed E-state index contributed by atoms with van der Waals surface area (Å²) in [6, 6.07) is 12.3. The van der Waals surface area contributed by atoms with Crippen LogP contribution in [-0.4, -0.2) is 78.7 Å². The van der Waals surface area contributed by atoms with Gasteiger partial charge in [-0.25, -0.2) is 14.0 Å². The zero-order chi connectivity index (χ0) is 29.6. The fourth-order valence-electron chi connectivity index (χ4n) is 5.20. The van der Waals surface area contributed by atoms with Crippen molar-refractivity contribution >= 4 is 41.7 Å². The van der Waals surface area contributed by atoms with Crippen molar-refractivity contribution in [3.8, 4) is 0 Å². The Kier molecular flexibility index (Phi) is 10.9. The molecule has 0 spiro atoms. The Bertz CT molecular complexity index is 1380. The standard InChI is InChI=1S/C30H39FN3O5PS/c1-5-38-40(36,39-6-2)32-13-14-33-15-17-34(18-16-33)30(35)21-28-22(3)27(26-12-9-24(31)20-29(26)28)19-23-7-10-25(11-8-23)41(4)37/h7-12,19-20H,5-6,13-18,21H2,1-4H3,(H,32,36)/b27-19-. The summed E-state index contributed by atoms with van der Waals surface area (Å²) in [6.07, 6.45) is 3.88. The molecule has 1 fully saturated rings. The number of hydrogen-bond acceptors (Lipinski definition) is 6. The Labute approximate surface area is 244 Å². The molecule has 0 radical (unpaired) electrons. The van der Waals surface area contributed by atoms with E-state index in [9.17, 15) is 18.0 Å². The van der Waals surface area contributed by atoms with Crippen molar-refractivity contribution in [2.45, 2.75) is 32.1 Å². The van der Waals surface area contributed by atoms with Gasteiger partial charge in [0.05, 0.1) is 19.6 Å². The quantitative estimate of drug-likeness (QED) is 0.334. The van der Waals surface area contributed by atoms with E-state index in [0.29, 0.717) is 52.5 Å². The molecule has 8 nitrogen and oxygen atoms in total. The first-order chi connectivity index (χ1) is 19.6. The number of benzene rings is 2. The van der Waals surface area contributed by atoms with E-state index < -0.39 is 18.5 Å². The Balaban J connectivity index is 1.41. The predicted octanol–water partition coefficient (Wildman–Crippen LogP) is 5.20. The Morgan fingerprint density at radius 3 is 2.32 bits per heavy atom. The smallest absolute Gasteiger partial charge is 0.340 e. The monoisotopic (exact) mass is 603 g/mol. The molecule has 1 saturated heterocycles. The lowest BCUT2D eigenvalue weighted by molar-refractivity contribution is -0.131. The molecule has 1 heterocycles. The van der Waals surface area contributed by atoms with Gasteiger partial charge in [-0.1, -0.05) is 18.2 Å². The minimum Gasteiger partial charge on any atom is -0.340 e. The second kappa shape index (κ2) is 14.1. The predicted molar refractivity (Wildman–Crippen MR) is 162 cm³/mol. The number of fused-ring (bicyclic) bond motifs is 1. The Hall–Kier alpha value is -2.46. The van der Waals surface area contributed by atoms with Crippen molar-refractivity contribution in [1.82, 2.24) is 14.9 Å². The molecule has 0 aromatic heterocycles. The van der Waals surface area contributed by atoms with Gasteiger partial charge >= 0.3 is 7.75 Å². The molecule has 2 aliphatic rings. The van der Waals surface area contributed by atoms with E-state index in [2.05, 4.69) is 9.99 Å². The molecule has 1 aliphatic heterocycles. The van der Waals surface area contributed by atoms with Gasteiger partial charge in [0, 0.05) is 61.2 Å². The summed E-state index contributed by atoms with van der Waals surface area (Å²) in [4.78, 5) is 18.2. The van der Waals surface area contributed by atoms with Crippen molar-refractivity contribution < 1.29 is 27.0 Å². The largest absolute Gasteiger partial charge is 0.405 e. The molecule has 1 unspecified atom stereocenters. The number of halogens is 1. The van der Waals surface area contributed by atoms with E-state index in [4.69, 9.17) is 9.05 Å². The molecule has 2 aromatic carbocycles. The average Bonchev–Trinajstić information content (AvgIpc) is 3.19. The highest BCUT2D eigenvalue weighted by Crippen LogP contribution is 2.44. The van der Waals surface area contributed by atoms with Crippen LogP contribution in [-0.2, 0) is 29.2 Å². The summed E-state index contributed by atoms with van der Waals surface area (Å²) in [5.41, 5.74) is 5.37. The van der Waals surface area contributed by atoms with Crippen LogP contribution in [0.3, 0.4) is 0 Å². The number of nitrogens with one attached hydrogen (secondary N) is 1. The van der Waals surface area contributed by atoms with Gasteiger partial charge in [0.1, 0.15) is 5.82 Å². The number of amides is 1. The van der Waals surface area contributed by atoms with Crippen LogP contribution < -0.4 is 5.09 Å². The molecule has 1 N–H and O–H groups in total. The molecule has 41 heavy (non-hydrogen) atoms. The zero-order valence-electron chi connectivity index (χ0n) is 24.2. The number of nitrogens with zero attached hydrogens (tertiary/aromatic N) is 2. The molecule has 1 atom stereocenters. The van der Waals surface area contributed by atoms with Gasteiger partial charge in [-0.15, -0.1) is 0 Å². The summed E-state index contributed by atoms with van der Waals surface area (Å²) in [5, 5.41) is 2.91. The number of carbonyl (C=O) groups excluding carboxylic acids is 1. The lowest BCUT2D eigenvalue weighted by Crippen LogP contribution is -2.49. The van der Waals surface area contributed by atoms with E-state index in [1.54, 1.807) is 26.2 Å². The van der Waals surface area contributed by atoms with Gasteiger partial charge < -0.3 is 4.90 Å². The molecule has 1 aliphatic carbocycles. The first-order valence-electron chi connectivity index (χ1n) is 13.9. The first kappa shape index (κ1) is 31.5. The average molecular weight is 604 g/mol. The van der Waals surface area contributed by atoms with Crippen LogP contribution in [0.4, 0.5) is 4.39 Å². The summed E-state index contributed by atoms with van der Waals surface area (Å²) < 4.78 is 49.2. The van der Waals surface area contributed by atoms with E-state index in [1.165, 1.54) is 12.1 Å². The molecule has 1 amide bonds. The minimum absolute atomic E-state index is 0.0144. The lowest BCUT2D eigenvalue weighted by Gasteiger charge is -2.35. The highest BCUT2D eigenvalue weighted by molar-refractivity contribution is 7.84. The van der Waals surface area contributed by atoms with Crippen molar-refractivity contribution in [3.05, 3.63) is 70.5 Å². The molecule has 4 rings (SSSR count). The normalized spacial score (nSPS) is 17.8. The maximum absolute atomic E-state index is 14.3. The van der Waals surface area contributed by atoms with Crippen LogP contribution in [0.25, 0.3) is 17.2 Å². The fourth-order valence-corrected chi connectivity index (χ4v) is 7.03. The Morgan fingerprint density at radius 2 is 1.71 bits per heavy atom. The van der Waals surface area contributed by atoms with Gasteiger partial charge in [0.25, 0.3) is 0 Å². The third-order valence-corrected chi connectivity index (χ3v) is 10.1. The second-order valence-electron chi connectivity index (χ2n) is 10.0.